The number of carbonyl (C=O) groups excluding carboxylic acids is 1. The van der Waals surface area contributed by atoms with Crippen LogP contribution in [0.5, 0.6) is 0 Å². The highest BCUT2D eigenvalue weighted by Gasteiger charge is 2.17. The zero-order valence-electron chi connectivity index (χ0n) is 13.0. The molecule has 0 bridgehead atoms. The van der Waals surface area contributed by atoms with Gasteiger partial charge in [-0.05, 0) is 61.7 Å². The van der Waals surface area contributed by atoms with Gasteiger partial charge in [-0.1, -0.05) is 42.5 Å². The van der Waals surface area contributed by atoms with E-state index in [4.69, 9.17) is 16.3 Å². The molecule has 0 atom stereocenters. The first-order valence-corrected chi connectivity index (χ1v) is 7.44. The lowest BCUT2D eigenvalue weighted by Crippen LogP contribution is -2.23. The van der Waals surface area contributed by atoms with Crippen LogP contribution in [0.1, 0.15) is 36.7 Å². The maximum absolute atomic E-state index is 12.0. The molecular formula is C19H19ClO2. The Hall–Kier alpha value is -2.06. The van der Waals surface area contributed by atoms with Crippen LogP contribution in [0.2, 0.25) is 5.02 Å². The summed E-state index contributed by atoms with van der Waals surface area (Å²) in [6, 6.07) is 13.0. The summed E-state index contributed by atoms with van der Waals surface area (Å²) in [5.41, 5.74) is 3.02. The second kappa shape index (κ2) is 6.37. The Morgan fingerprint density at radius 1 is 1.14 bits per heavy atom. The predicted octanol–water partition coefficient (Wildman–Crippen LogP) is 5.61. The van der Waals surface area contributed by atoms with Crippen LogP contribution in [0.3, 0.4) is 0 Å². The molecule has 2 rings (SSSR count). The fourth-order valence-electron chi connectivity index (χ4n) is 2.09. The van der Waals surface area contributed by atoms with Gasteiger partial charge >= 0.3 is 5.97 Å². The Morgan fingerprint density at radius 2 is 1.77 bits per heavy atom. The predicted molar refractivity (Wildman–Crippen MR) is 92.1 cm³/mol. The molecule has 0 aliphatic carbocycles. The van der Waals surface area contributed by atoms with Gasteiger partial charge in [-0.25, -0.2) is 4.79 Å². The number of ether oxygens (including phenoxy) is 1. The summed E-state index contributed by atoms with van der Waals surface area (Å²) in [5.74, 6) is -0.320. The number of esters is 1. The second-order valence-corrected chi connectivity index (χ2v) is 6.45. The number of carbonyl (C=O) groups is 1. The second-order valence-electron chi connectivity index (χ2n) is 6.01. The van der Waals surface area contributed by atoms with Gasteiger partial charge in [0.25, 0.3) is 0 Å². The van der Waals surface area contributed by atoms with Crippen LogP contribution in [0.15, 0.2) is 49.0 Å². The smallest absolute Gasteiger partial charge is 0.338 e. The van der Waals surface area contributed by atoms with Crippen molar-refractivity contribution in [1.82, 2.24) is 0 Å². The van der Waals surface area contributed by atoms with Crippen LogP contribution in [0.25, 0.3) is 17.2 Å². The van der Waals surface area contributed by atoms with Crippen molar-refractivity contribution in [2.75, 3.05) is 0 Å². The van der Waals surface area contributed by atoms with E-state index in [9.17, 15) is 4.79 Å². The number of halogens is 1. The summed E-state index contributed by atoms with van der Waals surface area (Å²) in [6.07, 6.45) is 1.77. The fraction of sp³-hybridized carbons (Fsp3) is 0.211. The minimum atomic E-state index is -0.498. The molecule has 0 unspecified atom stereocenters. The average molecular weight is 315 g/mol. The lowest BCUT2D eigenvalue weighted by Gasteiger charge is -2.19. The SMILES string of the molecule is C=Cc1cc(Cl)ccc1-c1ccc(C(=O)OC(C)(C)C)cc1. The first-order chi connectivity index (χ1) is 10.3. The Bertz CT molecular complexity index is 694. The van der Waals surface area contributed by atoms with Gasteiger partial charge in [-0.2, -0.15) is 0 Å². The molecule has 2 nitrogen and oxygen atoms in total. The van der Waals surface area contributed by atoms with Crippen molar-refractivity contribution in [1.29, 1.82) is 0 Å². The van der Waals surface area contributed by atoms with Gasteiger partial charge in [0.1, 0.15) is 5.60 Å². The van der Waals surface area contributed by atoms with Gasteiger partial charge in [0, 0.05) is 5.02 Å². The Labute approximate surface area is 136 Å². The highest BCUT2D eigenvalue weighted by atomic mass is 35.5. The fourth-order valence-corrected chi connectivity index (χ4v) is 2.27. The minimum Gasteiger partial charge on any atom is -0.456 e. The first kappa shape index (κ1) is 16.3. The van der Waals surface area contributed by atoms with Crippen molar-refractivity contribution in [2.24, 2.45) is 0 Å². The molecule has 0 spiro atoms. The van der Waals surface area contributed by atoms with Crippen molar-refractivity contribution >= 4 is 23.6 Å². The highest BCUT2D eigenvalue weighted by molar-refractivity contribution is 6.30. The van der Waals surface area contributed by atoms with Crippen molar-refractivity contribution in [3.8, 4) is 11.1 Å². The quantitative estimate of drug-likeness (QED) is 0.689. The van der Waals surface area contributed by atoms with Crippen LogP contribution in [-0.4, -0.2) is 11.6 Å². The average Bonchev–Trinajstić information content (AvgIpc) is 2.45. The van der Waals surface area contributed by atoms with E-state index < -0.39 is 5.60 Å². The van der Waals surface area contributed by atoms with Gasteiger partial charge in [0.05, 0.1) is 5.56 Å². The molecule has 0 aliphatic heterocycles. The summed E-state index contributed by atoms with van der Waals surface area (Å²) in [6.45, 7) is 9.36. The van der Waals surface area contributed by atoms with E-state index in [-0.39, 0.29) is 5.97 Å². The molecule has 0 aromatic heterocycles. The van der Waals surface area contributed by atoms with Crippen molar-refractivity contribution in [3.05, 3.63) is 65.2 Å². The van der Waals surface area contributed by atoms with Crippen LogP contribution in [0, 0.1) is 0 Å². The van der Waals surface area contributed by atoms with E-state index >= 15 is 0 Å². The van der Waals surface area contributed by atoms with E-state index in [2.05, 4.69) is 6.58 Å². The van der Waals surface area contributed by atoms with E-state index in [0.29, 0.717) is 10.6 Å². The normalized spacial score (nSPS) is 11.1. The van der Waals surface area contributed by atoms with E-state index in [1.165, 1.54) is 0 Å². The number of hydrogen-bond acceptors (Lipinski definition) is 2. The standard InChI is InChI=1S/C19H19ClO2/c1-5-13-12-16(20)10-11-17(13)14-6-8-15(9-7-14)18(21)22-19(2,3)4/h5-12H,1H2,2-4H3. The third-order valence-corrected chi connectivity index (χ3v) is 3.30. The van der Waals surface area contributed by atoms with E-state index in [1.54, 1.807) is 18.2 Å². The highest BCUT2D eigenvalue weighted by Crippen LogP contribution is 2.28. The van der Waals surface area contributed by atoms with Gasteiger partial charge in [0.2, 0.25) is 0 Å². The molecule has 0 fully saturated rings. The number of benzene rings is 2. The molecule has 0 saturated carbocycles. The van der Waals surface area contributed by atoms with Crippen LogP contribution in [0.4, 0.5) is 0 Å². The molecule has 3 heteroatoms. The van der Waals surface area contributed by atoms with E-state index in [1.807, 2.05) is 51.1 Å². The number of hydrogen-bond donors (Lipinski definition) is 0. The van der Waals surface area contributed by atoms with Gasteiger partial charge in [-0.3, -0.25) is 0 Å². The van der Waals surface area contributed by atoms with Crippen molar-refractivity contribution in [3.63, 3.8) is 0 Å². The topological polar surface area (TPSA) is 26.3 Å². The molecule has 0 N–H and O–H groups in total. The molecule has 0 radical (unpaired) electrons. The third kappa shape index (κ3) is 3.99. The van der Waals surface area contributed by atoms with Crippen LogP contribution >= 0.6 is 11.6 Å². The molecule has 2 aromatic carbocycles. The molecule has 22 heavy (non-hydrogen) atoms. The van der Waals surface area contributed by atoms with Gasteiger partial charge < -0.3 is 4.74 Å². The van der Waals surface area contributed by atoms with Crippen LogP contribution in [-0.2, 0) is 4.74 Å². The molecule has 2 aromatic rings. The molecule has 0 saturated heterocycles. The summed E-state index contributed by atoms with van der Waals surface area (Å²) in [5, 5.41) is 0.670. The summed E-state index contributed by atoms with van der Waals surface area (Å²) >= 11 is 6.00. The largest absolute Gasteiger partial charge is 0.456 e. The van der Waals surface area contributed by atoms with Gasteiger partial charge in [-0.15, -0.1) is 0 Å². The maximum atomic E-state index is 12.0. The maximum Gasteiger partial charge on any atom is 0.338 e. The van der Waals surface area contributed by atoms with Crippen molar-refractivity contribution < 1.29 is 9.53 Å². The molecule has 0 amide bonds. The Kier molecular flexibility index (Phi) is 4.72. The zero-order chi connectivity index (χ0) is 16.3. The number of rotatable bonds is 3. The minimum absolute atomic E-state index is 0.320. The third-order valence-electron chi connectivity index (χ3n) is 3.06. The first-order valence-electron chi connectivity index (χ1n) is 7.06. The monoisotopic (exact) mass is 314 g/mol. The molecular weight excluding hydrogens is 296 g/mol. The molecule has 0 aliphatic rings. The zero-order valence-corrected chi connectivity index (χ0v) is 13.8. The summed E-state index contributed by atoms with van der Waals surface area (Å²) in [4.78, 5) is 12.0. The summed E-state index contributed by atoms with van der Waals surface area (Å²) in [7, 11) is 0. The van der Waals surface area contributed by atoms with Crippen LogP contribution < -0.4 is 0 Å². The lowest BCUT2D eigenvalue weighted by atomic mass is 9.98. The molecule has 0 heterocycles. The molecule has 114 valence electrons. The van der Waals surface area contributed by atoms with E-state index in [0.717, 1.165) is 16.7 Å². The van der Waals surface area contributed by atoms with Gasteiger partial charge in [0.15, 0.2) is 0 Å². The lowest BCUT2D eigenvalue weighted by molar-refractivity contribution is 0.00696. The Balaban J connectivity index is 2.30. The summed E-state index contributed by atoms with van der Waals surface area (Å²) < 4.78 is 5.36. The van der Waals surface area contributed by atoms with Crippen molar-refractivity contribution in [2.45, 2.75) is 26.4 Å². The Morgan fingerprint density at radius 3 is 2.32 bits per heavy atom.